The van der Waals surface area contributed by atoms with Crippen molar-refractivity contribution in [2.24, 2.45) is 11.8 Å². The third-order valence-corrected chi connectivity index (χ3v) is 7.58. The summed E-state index contributed by atoms with van der Waals surface area (Å²) in [4.78, 5) is 27.1. The van der Waals surface area contributed by atoms with E-state index in [0.29, 0.717) is 5.35 Å². The van der Waals surface area contributed by atoms with Crippen LogP contribution in [0.2, 0.25) is 0 Å². The van der Waals surface area contributed by atoms with E-state index >= 15 is 0 Å². The summed E-state index contributed by atoms with van der Waals surface area (Å²) < 4.78 is 22.8. The van der Waals surface area contributed by atoms with Crippen LogP contribution in [0.15, 0.2) is 30.4 Å². The van der Waals surface area contributed by atoms with Gasteiger partial charge in [0, 0.05) is 28.3 Å². The molecule has 0 amide bonds. The van der Waals surface area contributed by atoms with Crippen molar-refractivity contribution in [2.75, 3.05) is 13.7 Å². The fourth-order valence-electron chi connectivity index (χ4n) is 5.49. The SMILES string of the molecule is C=C[C@@H]1[C@H](CC(=O)O)C(C(=O)OC)=CC[C@H]1O[C@@H]1O[C@H](CO)[C@]2(C=c3cc(C(C)C)[nH]c3=CO2)[C@H](O)[C@H]1O. The average Bonchev–Trinajstić information content (AvgIpc) is 3.32. The maximum absolute atomic E-state index is 12.3. The number of fused-ring (bicyclic) bond motifs is 1. The molecule has 11 heteroatoms. The van der Waals surface area contributed by atoms with Crippen molar-refractivity contribution < 1.29 is 49.0 Å². The molecule has 1 aromatic rings. The normalized spacial score (nSPS) is 34.4. The predicted octanol–water partition coefficient (Wildman–Crippen LogP) is -0.354. The van der Waals surface area contributed by atoms with Gasteiger partial charge in [0.1, 0.15) is 24.6 Å². The molecule has 208 valence electrons. The van der Waals surface area contributed by atoms with Gasteiger partial charge in [0.15, 0.2) is 11.9 Å². The molecule has 38 heavy (non-hydrogen) atoms. The van der Waals surface area contributed by atoms with Crippen molar-refractivity contribution in [1.29, 1.82) is 0 Å². The van der Waals surface area contributed by atoms with Crippen LogP contribution in [0.3, 0.4) is 0 Å². The van der Waals surface area contributed by atoms with Crippen LogP contribution in [0.5, 0.6) is 0 Å². The van der Waals surface area contributed by atoms with Crippen molar-refractivity contribution >= 4 is 24.3 Å². The second-order valence-electron chi connectivity index (χ2n) is 10.2. The molecule has 2 aliphatic heterocycles. The maximum atomic E-state index is 12.3. The van der Waals surface area contributed by atoms with Crippen molar-refractivity contribution in [3.63, 3.8) is 0 Å². The first-order chi connectivity index (χ1) is 18.1. The fourth-order valence-corrected chi connectivity index (χ4v) is 5.49. The lowest BCUT2D eigenvalue weighted by Gasteiger charge is -2.50. The van der Waals surface area contributed by atoms with Crippen LogP contribution in [-0.2, 0) is 28.5 Å². The van der Waals surface area contributed by atoms with Crippen LogP contribution in [0.4, 0.5) is 0 Å². The number of carbonyl (C=O) groups is 2. The Morgan fingerprint density at radius 1 is 1.34 bits per heavy atom. The lowest BCUT2D eigenvalue weighted by molar-refractivity contribution is -0.326. The topological polar surface area (TPSA) is 168 Å². The number of aliphatic hydroxyl groups is 3. The minimum absolute atomic E-state index is 0.177. The van der Waals surface area contributed by atoms with Gasteiger partial charge in [-0.1, -0.05) is 26.0 Å². The number of H-pyrrole nitrogens is 1. The van der Waals surface area contributed by atoms with Gasteiger partial charge in [0.25, 0.3) is 0 Å². The maximum Gasteiger partial charge on any atom is 0.333 e. The van der Waals surface area contributed by atoms with E-state index in [1.54, 1.807) is 12.2 Å². The van der Waals surface area contributed by atoms with Crippen molar-refractivity contribution in [3.8, 4) is 0 Å². The number of aromatic amines is 1. The summed E-state index contributed by atoms with van der Waals surface area (Å²) in [7, 11) is 1.22. The molecular formula is C27H35NO10. The number of carboxylic acid groups (broad SMARTS) is 1. The molecular weight excluding hydrogens is 498 g/mol. The monoisotopic (exact) mass is 533 g/mol. The zero-order valence-electron chi connectivity index (χ0n) is 21.6. The van der Waals surface area contributed by atoms with E-state index < -0.39 is 66.7 Å². The van der Waals surface area contributed by atoms with Crippen LogP contribution in [0.25, 0.3) is 12.3 Å². The number of rotatable bonds is 8. The zero-order chi connectivity index (χ0) is 27.8. The number of hydrogen-bond acceptors (Lipinski definition) is 9. The predicted molar refractivity (Wildman–Crippen MR) is 134 cm³/mol. The van der Waals surface area contributed by atoms with Gasteiger partial charge in [0.05, 0.1) is 31.6 Å². The summed E-state index contributed by atoms with van der Waals surface area (Å²) in [5.74, 6) is -2.96. The molecule has 0 radical (unpaired) electrons. The van der Waals surface area contributed by atoms with Gasteiger partial charge in [0.2, 0.25) is 0 Å². The number of aromatic nitrogens is 1. The highest BCUT2D eigenvalue weighted by atomic mass is 16.7. The third kappa shape index (κ3) is 4.92. The highest BCUT2D eigenvalue weighted by molar-refractivity contribution is 5.90. The average molecular weight is 534 g/mol. The fraction of sp³-hybridized carbons (Fsp3) is 0.556. The Labute approximate surface area is 219 Å². The van der Waals surface area contributed by atoms with E-state index in [-0.39, 0.29) is 24.3 Å². The minimum Gasteiger partial charge on any atom is -0.483 e. The summed E-state index contributed by atoms with van der Waals surface area (Å²) in [6, 6.07) is 1.92. The number of carboxylic acids is 1. The Balaban J connectivity index is 1.61. The first-order valence-electron chi connectivity index (χ1n) is 12.6. The lowest BCUT2D eigenvalue weighted by atomic mass is 9.74. The van der Waals surface area contributed by atoms with E-state index in [0.717, 1.165) is 10.9 Å². The second-order valence-corrected chi connectivity index (χ2v) is 10.2. The van der Waals surface area contributed by atoms with Gasteiger partial charge in [-0.25, -0.2) is 4.79 Å². The van der Waals surface area contributed by atoms with E-state index in [1.165, 1.54) is 19.4 Å². The molecule has 1 saturated heterocycles. The molecule has 8 atom stereocenters. The van der Waals surface area contributed by atoms with E-state index in [1.807, 2.05) is 19.9 Å². The Morgan fingerprint density at radius 2 is 2.08 bits per heavy atom. The molecule has 0 unspecified atom stereocenters. The number of aliphatic hydroxyl groups excluding tert-OH is 3. The number of ether oxygens (including phenoxy) is 4. The lowest BCUT2D eigenvalue weighted by Crippen LogP contribution is -2.68. The summed E-state index contributed by atoms with van der Waals surface area (Å²) in [5, 5.41) is 43.4. The van der Waals surface area contributed by atoms with Crippen LogP contribution in [0.1, 0.15) is 38.3 Å². The van der Waals surface area contributed by atoms with E-state index in [9.17, 15) is 30.0 Å². The van der Waals surface area contributed by atoms with Crippen molar-refractivity contribution in [1.82, 2.24) is 4.98 Å². The van der Waals surface area contributed by atoms with Gasteiger partial charge in [-0.3, -0.25) is 4.79 Å². The Kier molecular flexibility index (Phi) is 8.15. The molecule has 0 saturated carbocycles. The van der Waals surface area contributed by atoms with Gasteiger partial charge >= 0.3 is 11.9 Å². The highest BCUT2D eigenvalue weighted by Crippen LogP contribution is 2.40. The van der Waals surface area contributed by atoms with Crippen LogP contribution in [0, 0.1) is 11.8 Å². The number of carbonyl (C=O) groups excluding carboxylic acids is 1. The Bertz CT molecular complexity index is 1210. The Hall–Kier alpha value is -2.96. The zero-order valence-corrected chi connectivity index (χ0v) is 21.6. The first-order valence-corrected chi connectivity index (χ1v) is 12.6. The summed E-state index contributed by atoms with van der Waals surface area (Å²) >= 11 is 0. The van der Waals surface area contributed by atoms with Gasteiger partial charge in [-0.15, -0.1) is 6.58 Å². The summed E-state index contributed by atoms with van der Waals surface area (Å²) in [6.07, 6.45) is -0.411. The summed E-state index contributed by atoms with van der Waals surface area (Å²) in [6.45, 7) is 7.31. The van der Waals surface area contributed by atoms with Crippen molar-refractivity contribution in [2.45, 2.75) is 68.9 Å². The Morgan fingerprint density at radius 3 is 2.68 bits per heavy atom. The molecule has 0 aromatic carbocycles. The molecule has 3 heterocycles. The molecule has 1 spiro atoms. The number of esters is 1. The van der Waals surface area contributed by atoms with Crippen LogP contribution < -0.4 is 10.6 Å². The van der Waals surface area contributed by atoms with Gasteiger partial charge in [-0.2, -0.15) is 0 Å². The van der Waals surface area contributed by atoms with E-state index in [2.05, 4.69) is 11.6 Å². The smallest absolute Gasteiger partial charge is 0.333 e. The molecule has 11 nitrogen and oxygen atoms in total. The van der Waals surface area contributed by atoms with Gasteiger partial charge in [-0.05, 0) is 24.5 Å². The van der Waals surface area contributed by atoms with Crippen LogP contribution >= 0.6 is 0 Å². The van der Waals surface area contributed by atoms with Gasteiger partial charge < -0.3 is 44.4 Å². The minimum atomic E-state index is -1.58. The third-order valence-electron chi connectivity index (χ3n) is 7.58. The molecule has 1 aliphatic carbocycles. The second kappa shape index (κ2) is 11.0. The number of aliphatic carboxylic acids is 1. The van der Waals surface area contributed by atoms with Crippen LogP contribution in [-0.4, -0.2) is 87.4 Å². The molecule has 0 bridgehead atoms. The largest absolute Gasteiger partial charge is 0.483 e. The molecule has 1 fully saturated rings. The standard InChI is InChI=1S/C27H35NO10/c1-5-15-17(9-22(30)31)16(25(34)35-4)6-7-20(15)37-26-23(32)24(33)27(21(11-29)38-26)10-14-8-18(13(2)3)28-19(14)12-36-27/h5-6,8,10,12-13,15,17,20-21,23-24,26,28-29,32-33H,1,7,9,11H2,2-4H3,(H,30,31)/t15-,17+,20-,21-,23-,24-,26-,27-/m1/s1. The molecule has 5 N–H and O–H groups in total. The first kappa shape index (κ1) is 28.1. The van der Waals surface area contributed by atoms with Crippen molar-refractivity contribution in [3.05, 3.63) is 46.6 Å². The molecule has 3 aliphatic rings. The highest BCUT2D eigenvalue weighted by Gasteiger charge is 2.57. The number of methoxy groups -OCH3 is 1. The molecule has 4 rings (SSSR count). The number of hydrogen-bond donors (Lipinski definition) is 5. The van der Waals surface area contributed by atoms with E-state index in [4.69, 9.17) is 18.9 Å². The quantitative estimate of drug-likeness (QED) is 0.220. The molecule has 1 aromatic heterocycles. The summed E-state index contributed by atoms with van der Waals surface area (Å²) in [5.41, 5.74) is -0.411. The number of nitrogens with one attached hydrogen (secondary N) is 1.